The van der Waals surface area contributed by atoms with Gasteiger partial charge in [0.15, 0.2) is 0 Å². The van der Waals surface area contributed by atoms with E-state index >= 15 is 0 Å². The van der Waals surface area contributed by atoms with Crippen LogP contribution in [0.4, 0.5) is 0 Å². The van der Waals surface area contributed by atoms with E-state index in [0.717, 1.165) is 17.8 Å². The summed E-state index contributed by atoms with van der Waals surface area (Å²) < 4.78 is 4.68. The van der Waals surface area contributed by atoms with Crippen molar-refractivity contribution in [2.45, 2.75) is 51.5 Å². The molecular weight excluding hydrogens is 316 g/mol. The van der Waals surface area contributed by atoms with Crippen molar-refractivity contribution >= 4 is 11.9 Å². The van der Waals surface area contributed by atoms with Crippen molar-refractivity contribution < 1.29 is 14.3 Å². The molecule has 0 spiro atoms. The van der Waals surface area contributed by atoms with Crippen molar-refractivity contribution in [1.29, 1.82) is 0 Å². The summed E-state index contributed by atoms with van der Waals surface area (Å²) in [5.41, 5.74) is 0.696. The number of hydrogen-bond acceptors (Lipinski definition) is 4. The molecule has 1 amide bonds. The van der Waals surface area contributed by atoms with Crippen molar-refractivity contribution in [3.05, 3.63) is 29.6 Å². The fourth-order valence-corrected chi connectivity index (χ4v) is 5.91. The third kappa shape index (κ3) is 2.94. The molecule has 134 valence electrons. The van der Waals surface area contributed by atoms with Crippen LogP contribution < -0.4 is 5.32 Å². The lowest BCUT2D eigenvalue weighted by molar-refractivity contribution is -0.0688. The number of methoxy groups -OCH3 is 1. The molecule has 0 unspecified atom stereocenters. The number of nitrogens with one attached hydrogen (secondary N) is 1. The molecule has 5 heteroatoms. The van der Waals surface area contributed by atoms with Crippen molar-refractivity contribution in [2.24, 2.45) is 23.2 Å². The Bertz CT molecular complexity index is 665. The van der Waals surface area contributed by atoms with E-state index in [2.05, 4.69) is 22.0 Å². The number of amides is 1. The van der Waals surface area contributed by atoms with E-state index in [1.807, 2.05) is 0 Å². The smallest absolute Gasteiger partial charge is 0.356 e. The summed E-state index contributed by atoms with van der Waals surface area (Å²) in [6.07, 6.45) is 7.91. The Kier molecular flexibility index (Phi) is 4.05. The van der Waals surface area contributed by atoms with Gasteiger partial charge in [0.05, 0.1) is 7.11 Å². The molecule has 4 aliphatic rings. The van der Waals surface area contributed by atoms with Gasteiger partial charge in [0.2, 0.25) is 0 Å². The molecule has 0 radical (unpaired) electrons. The van der Waals surface area contributed by atoms with Gasteiger partial charge in [0, 0.05) is 6.04 Å². The molecule has 5 nitrogen and oxygen atoms in total. The van der Waals surface area contributed by atoms with Gasteiger partial charge >= 0.3 is 5.97 Å². The average Bonchev–Trinajstić information content (AvgIpc) is 2.60. The number of rotatable bonds is 4. The highest BCUT2D eigenvalue weighted by Gasteiger charge is 2.53. The number of pyridine rings is 1. The van der Waals surface area contributed by atoms with Crippen LogP contribution in [-0.2, 0) is 4.74 Å². The van der Waals surface area contributed by atoms with Gasteiger partial charge in [-0.3, -0.25) is 4.79 Å². The second kappa shape index (κ2) is 6.11. The molecule has 4 saturated carbocycles. The fraction of sp³-hybridized carbons (Fsp3) is 0.650. The summed E-state index contributed by atoms with van der Waals surface area (Å²) in [4.78, 5) is 28.5. The molecule has 1 aromatic rings. The van der Waals surface area contributed by atoms with Gasteiger partial charge in [-0.1, -0.05) is 6.07 Å². The summed E-state index contributed by atoms with van der Waals surface area (Å²) >= 11 is 0. The van der Waals surface area contributed by atoms with Crippen LogP contribution in [0.2, 0.25) is 0 Å². The number of esters is 1. The van der Waals surface area contributed by atoms with Gasteiger partial charge in [-0.05, 0) is 80.8 Å². The highest BCUT2D eigenvalue weighted by molar-refractivity contribution is 5.94. The normalized spacial score (nSPS) is 33.8. The lowest BCUT2D eigenvalue weighted by Crippen LogP contribution is -2.55. The zero-order chi connectivity index (χ0) is 17.6. The summed E-state index contributed by atoms with van der Waals surface area (Å²) in [6.45, 7) is 2.15. The molecule has 0 saturated heterocycles. The molecule has 25 heavy (non-hydrogen) atoms. The third-order valence-corrected chi connectivity index (χ3v) is 6.73. The zero-order valence-electron chi connectivity index (χ0n) is 15.0. The standard InChI is InChI=1S/C20H26N2O3/c1-12(20-9-13-6-14(10-20)8-15(7-13)11-20)21-18(23)16-4-3-5-17(22-16)19(24)25-2/h3-5,12-15H,6-11H2,1-2H3,(H,21,23)/t12-,13?,14?,15?,20?/m0/s1. The highest BCUT2D eigenvalue weighted by Crippen LogP contribution is 2.61. The van der Waals surface area contributed by atoms with Crippen molar-refractivity contribution in [1.82, 2.24) is 10.3 Å². The summed E-state index contributed by atoms with van der Waals surface area (Å²) in [5.74, 6) is 1.84. The topological polar surface area (TPSA) is 68.3 Å². The number of ether oxygens (including phenoxy) is 1. The van der Waals surface area contributed by atoms with Crippen LogP contribution in [0.1, 0.15) is 66.4 Å². The first-order valence-electron chi connectivity index (χ1n) is 9.35. The van der Waals surface area contributed by atoms with Crippen LogP contribution in [0.5, 0.6) is 0 Å². The van der Waals surface area contributed by atoms with Crippen LogP contribution >= 0.6 is 0 Å². The van der Waals surface area contributed by atoms with Crippen LogP contribution in [0.3, 0.4) is 0 Å². The molecule has 4 bridgehead atoms. The third-order valence-electron chi connectivity index (χ3n) is 6.73. The minimum Gasteiger partial charge on any atom is -0.464 e. The number of nitrogens with zero attached hydrogens (tertiary/aromatic N) is 1. The van der Waals surface area contributed by atoms with E-state index in [1.54, 1.807) is 18.2 Å². The molecule has 1 N–H and O–H groups in total. The predicted molar refractivity (Wildman–Crippen MR) is 93.1 cm³/mol. The van der Waals surface area contributed by atoms with Gasteiger partial charge in [0.25, 0.3) is 5.91 Å². The van der Waals surface area contributed by atoms with Crippen LogP contribution in [0, 0.1) is 23.2 Å². The maximum atomic E-state index is 12.7. The van der Waals surface area contributed by atoms with E-state index in [-0.39, 0.29) is 28.8 Å². The van der Waals surface area contributed by atoms with Crippen molar-refractivity contribution in [2.75, 3.05) is 7.11 Å². The first kappa shape index (κ1) is 16.6. The first-order chi connectivity index (χ1) is 12.0. The highest BCUT2D eigenvalue weighted by atomic mass is 16.5. The zero-order valence-corrected chi connectivity index (χ0v) is 15.0. The largest absolute Gasteiger partial charge is 0.464 e. The fourth-order valence-electron chi connectivity index (χ4n) is 5.91. The maximum Gasteiger partial charge on any atom is 0.356 e. The molecule has 1 heterocycles. The van der Waals surface area contributed by atoms with Crippen LogP contribution in [0.25, 0.3) is 0 Å². The molecule has 4 fully saturated rings. The van der Waals surface area contributed by atoms with Gasteiger partial charge in [-0.2, -0.15) is 0 Å². The number of carbonyl (C=O) groups is 2. The Morgan fingerprint density at radius 3 is 2.24 bits per heavy atom. The molecule has 1 atom stereocenters. The minimum absolute atomic E-state index is 0.136. The molecule has 5 rings (SSSR count). The average molecular weight is 342 g/mol. The second-order valence-corrected chi connectivity index (χ2v) is 8.37. The van der Waals surface area contributed by atoms with Crippen molar-refractivity contribution in [3.63, 3.8) is 0 Å². The monoisotopic (exact) mass is 342 g/mol. The Balaban J connectivity index is 1.48. The van der Waals surface area contributed by atoms with Crippen LogP contribution in [-0.4, -0.2) is 30.0 Å². The minimum atomic E-state index is -0.524. The van der Waals surface area contributed by atoms with E-state index in [4.69, 9.17) is 0 Å². The molecule has 0 aliphatic heterocycles. The van der Waals surface area contributed by atoms with E-state index in [0.29, 0.717) is 0 Å². The first-order valence-corrected chi connectivity index (χ1v) is 9.35. The van der Waals surface area contributed by atoms with E-state index in [9.17, 15) is 9.59 Å². The molecule has 4 aliphatic carbocycles. The number of aromatic nitrogens is 1. The van der Waals surface area contributed by atoms with Gasteiger partial charge in [-0.15, -0.1) is 0 Å². The Morgan fingerprint density at radius 2 is 1.68 bits per heavy atom. The molecular formula is C20H26N2O3. The summed E-state index contributed by atoms with van der Waals surface area (Å²) in [5, 5.41) is 3.18. The lowest BCUT2D eigenvalue weighted by Gasteiger charge is -2.59. The Morgan fingerprint density at radius 1 is 1.12 bits per heavy atom. The Labute approximate surface area is 148 Å². The summed E-state index contributed by atoms with van der Waals surface area (Å²) in [7, 11) is 1.31. The quantitative estimate of drug-likeness (QED) is 0.853. The van der Waals surface area contributed by atoms with Crippen LogP contribution in [0.15, 0.2) is 18.2 Å². The summed E-state index contributed by atoms with van der Waals surface area (Å²) in [6, 6.07) is 5.01. The SMILES string of the molecule is COC(=O)c1cccc(C(=O)N[C@@H](C)C23CC4CC(CC(C4)C2)C3)n1. The Hall–Kier alpha value is -1.91. The van der Waals surface area contributed by atoms with Gasteiger partial charge in [0.1, 0.15) is 11.4 Å². The molecule has 0 aromatic carbocycles. The van der Waals surface area contributed by atoms with Gasteiger partial charge < -0.3 is 10.1 Å². The second-order valence-electron chi connectivity index (χ2n) is 8.37. The lowest BCUT2D eigenvalue weighted by atomic mass is 9.48. The van der Waals surface area contributed by atoms with E-state index in [1.165, 1.54) is 45.6 Å². The number of hydrogen-bond donors (Lipinski definition) is 1. The van der Waals surface area contributed by atoms with Crippen molar-refractivity contribution in [3.8, 4) is 0 Å². The maximum absolute atomic E-state index is 12.7. The van der Waals surface area contributed by atoms with Gasteiger partial charge in [-0.25, -0.2) is 9.78 Å². The predicted octanol–water partition coefficient (Wildman–Crippen LogP) is 3.20. The van der Waals surface area contributed by atoms with E-state index < -0.39 is 5.97 Å². The molecule has 1 aromatic heterocycles. The number of carbonyl (C=O) groups excluding carboxylic acids is 2.